The smallest absolute Gasteiger partial charge is 0.207 e. The first-order valence-electron chi connectivity index (χ1n) is 10.8. The van der Waals surface area contributed by atoms with Gasteiger partial charge in [0.2, 0.25) is 5.82 Å². The highest BCUT2D eigenvalue weighted by Crippen LogP contribution is 2.37. The monoisotopic (exact) mass is 455 g/mol. The van der Waals surface area contributed by atoms with Gasteiger partial charge in [-0.2, -0.15) is 0 Å². The van der Waals surface area contributed by atoms with Crippen molar-refractivity contribution in [2.45, 2.75) is 18.9 Å². The lowest BCUT2D eigenvalue weighted by atomic mass is 10.2. The van der Waals surface area contributed by atoms with Crippen molar-refractivity contribution in [3.8, 4) is 23.8 Å². The molecule has 2 fully saturated rings. The molecule has 1 aliphatic carbocycles. The van der Waals surface area contributed by atoms with E-state index in [1.165, 1.54) is 19.4 Å². The lowest BCUT2D eigenvalue weighted by molar-refractivity contribution is 0.480. The summed E-state index contributed by atoms with van der Waals surface area (Å²) >= 11 is 6.02. The highest BCUT2D eigenvalue weighted by atomic mass is 35.5. The Kier molecular flexibility index (Phi) is 6.07. The van der Waals surface area contributed by atoms with Gasteiger partial charge in [-0.15, -0.1) is 6.42 Å². The molecule has 164 valence electrons. The Morgan fingerprint density at radius 3 is 2.58 bits per heavy atom. The third-order valence-electron chi connectivity index (χ3n) is 5.65. The second-order valence-corrected chi connectivity index (χ2v) is 8.30. The van der Waals surface area contributed by atoms with Gasteiger partial charge < -0.3 is 15.4 Å². The topological polar surface area (TPSA) is 72.0 Å². The number of hydrogen-bond donors (Lipinski definition) is 2. The maximum absolute atomic E-state index is 6.02. The van der Waals surface area contributed by atoms with Crippen LogP contribution >= 0.6 is 11.6 Å². The van der Waals surface area contributed by atoms with E-state index in [1.54, 1.807) is 18.3 Å². The number of rotatable bonds is 4. The molecule has 6 rings (SSSR count). The van der Waals surface area contributed by atoms with Crippen LogP contribution in [0.3, 0.4) is 0 Å². The Bertz CT molecular complexity index is 1310. The van der Waals surface area contributed by atoms with Crippen molar-refractivity contribution >= 4 is 34.0 Å². The van der Waals surface area contributed by atoms with Crippen molar-refractivity contribution < 1.29 is 4.74 Å². The largest absolute Gasteiger partial charge is 0.454 e. The normalized spacial score (nSPS) is 17.9. The van der Waals surface area contributed by atoms with E-state index in [4.69, 9.17) is 22.8 Å². The zero-order valence-electron chi connectivity index (χ0n) is 17.8. The fourth-order valence-corrected chi connectivity index (χ4v) is 3.98. The maximum atomic E-state index is 6.02. The van der Waals surface area contributed by atoms with Crippen LogP contribution in [0.15, 0.2) is 66.9 Å². The van der Waals surface area contributed by atoms with Crippen LogP contribution in [-0.2, 0) is 0 Å². The number of hydrogen-bond acceptors (Lipinski definition) is 6. The van der Waals surface area contributed by atoms with E-state index in [2.05, 4.69) is 31.5 Å². The van der Waals surface area contributed by atoms with Gasteiger partial charge in [-0.25, -0.2) is 15.0 Å². The molecule has 4 aromatic rings. The Balaban J connectivity index is 0.000000324. The summed E-state index contributed by atoms with van der Waals surface area (Å²) in [5.74, 6) is 5.72. The molecule has 2 aromatic carbocycles. The van der Waals surface area contributed by atoms with E-state index in [1.807, 2.05) is 48.5 Å². The Morgan fingerprint density at radius 2 is 1.91 bits per heavy atom. The zero-order chi connectivity index (χ0) is 22.6. The summed E-state index contributed by atoms with van der Waals surface area (Å²) in [5.41, 5.74) is 1.63. The number of pyridine rings is 1. The molecular formula is C26H22ClN5O. The average Bonchev–Trinajstić information content (AvgIpc) is 3.46. The van der Waals surface area contributed by atoms with E-state index < -0.39 is 0 Å². The number of nitrogens with one attached hydrogen (secondary N) is 2. The number of para-hydroxylation sites is 1. The lowest BCUT2D eigenvalue weighted by Gasteiger charge is -2.11. The van der Waals surface area contributed by atoms with E-state index in [0.29, 0.717) is 28.3 Å². The van der Waals surface area contributed by atoms with Crippen LogP contribution in [0, 0.1) is 18.3 Å². The fraction of sp³-hybridized carbons (Fsp3) is 0.192. The van der Waals surface area contributed by atoms with Gasteiger partial charge in [-0.05, 0) is 79.8 Å². The van der Waals surface area contributed by atoms with Crippen molar-refractivity contribution in [1.29, 1.82) is 0 Å². The molecule has 1 aliphatic heterocycles. The molecule has 2 aromatic heterocycles. The molecule has 6 nitrogen and oxygen atoms in total. The number of terminal acetylenes is 1. The highest BCUT2D eigenvalue weighted by molar-refractivity contribution is 6.30. The number of piperidine rings is 1. The molecule has 1 saturated heterocycles. The summed E-state index contributed by atoms with van der Waals surface area (Å²) in [5, 5.41) is 7.88. The van der Waals surface area contributed by atoms with Gasteiger partial charge in [0.05, 0.1) is 5.52 Å². The summed E-state index contributed by atoms with van der Waals surface area (Å²) in [4.78, 5) is 12.7. The minimum absolute atomic E-state index is 0.314. The van der Waals surface area contributed by atoms with Crippen molar-refractivity contribution in [3.05, 3.63) is 77.8 Å². The van der Waals surface area contributed by atoms with Crippen LogP contribution in [0.4, 0.5) is 11.5 Å². The first-order chi connectivity index (χ1) is 16.2. The molecule has 7 heteroatoms. The molecular weight excluding hydrogens is 434 g/mol. The molecule has 0 amide bonds. The number of ether oxygens (including phenoxy) is 1. The average molecular weight is 456 g/mol. The van der Waals surface area contributed by atoms with Crippen molar-refractivity contribution in [3.63, 3.8) is 0 Å². The molecule has 2 aliphatic rings. The second-order valence-electron chi connectivity index (χ2n) is 7.95. The fourth-order valence-electron chi connectivity index (χ4n) is 3.82. The molecule has 1 saturated carbocycles. The third-order valence-corrected chi connectivity index (χ3v) is 5.93. The van der Waals surface area contributed by atoms with Gasteiger partial charge in [-0.1, -0.05) is 23.7 Å². The number of aromatic nitrogens is 3. The van der Waals surface area contributed by atoms with Crippen LogP contribution in [-0.4, -0.2) is 27.5 Å². The number of anilines is 2. The summed E-state index contributed by atoms with van der Waals surface area (Å²) in [6, 6.07) is 19.6. The molecule has 2 N–H and O–H groups in total. The van der Waals surface area contributed by atoms with Crippen LogP contribution in [0.2, 0.25) is 5.15 Å². The third kappa shape index (κ3) is 5.06. The van der Waals surface area contributed by atoms with Crippen LogP contribution in [0.5, 0.6) is 11.5 Å². The summed E-state index contributed by atoms with van der Waals surface area (Å²) in [6.07, 6.45) is 10.0. The number of halogens is 1. The number of fused-ring (bicyclic) bond motifs is 2. The van der Waals surface area contributed by atoms with E-state index >= 15 is 0 Å². The van der Waals surface area contributed by atoms with E-state index in [0.717, 1.165) is 28.6 Å². The minimum atomic E-state index is 0.314. The quantitative estimate of drug-likeness (QED) is 0.310. The first kappa shape index (κ1) is 21.2. The van der Waals surface area contributed by atoms with Gasteiger partial charge in [0.25, 0.3) is 0 Å². The van der Waals surface area contributed by atoms with Crippen molar-refractivity contribution in [1.82, 2.24) is 20.3 Å². The van der Waals surface area contributed by atoms with Gasteiger partial charge in [0.1, 0.15) is 11.6 Å². The van der Waals surface area contributed by atoms with E-state index in [-0.39, 0.29) is 0 Å². The van der Waals surface area contributed by atoms with Gasteiger partial charge in [-0.3, -0.25) is 0 Å². The SMILES string of the molecule is C#Cc1nc(Nc2ccc(Oc3cccnc3Cl)cc2)c2ccccc2n1.C1CC2CC2N1. The Hall–Kier alpha value is -3.66. The minimum Gasteiger partial charge on any atom is -0.454 e. The van der Waals surface area contributed by atoms with E-state index in [9.17, 15) is 0 Å². The highest BCUT2D eigenvalue weighted by Gasteiger charge is 2.40. The molecule has 2 atom stereocenters. The Morgan fingerprint density at radius 1 is 1.06 bits per heavy atom. The predicted molar refractivity (Wildman–Crippen MR) is 131 cm³/mol. The van der Waals surface area contributed by atoms with Gasteiger partial charge >= 0.3 is 0 Å². The van der Waals surface area contributed by atoms with Crippen LogP contribution in [0.25, 0.3) is 10.9 Å². The second kappa shape index (κ2) is 9.45. The first-order valence-corrected chi connectivity index (χ1v) is 11.2. The summed E-state index contributed by atoms with van der Waals surface area (Å²) in [7, 11) is 0. The Labute approximate surface area is 197 Å². The lowest BCUT2D eigenvalue weighted by Crippen LogP contribution is -2.10. The van der Waals surface area contributed by atoms with Crippen molar-refractivity contribution in [2.24, 2.45) is 5.92 Å². The number of benzene rings is 2. The molecule has 2 unspecified atom stereocenters. The predicted octanol–water partition coefficient (Wildman–Crippen LogP) is 5.56. The van der Waals surface area contributed by atoms with Crippen LogP contribution < -0.4 is 15.4 Å². The molecule has 0 bridgehead atoms. The molecule has 3 heterocycles. The molecule has 0 spiro atoms. The maximum Gasteiger partial charge on any atom is 0.207 e. The van der Waals surface area contributed by atoms with Crippen LogP contribution in [0.1, 0.15) is 18.7 Å². The molecule has 33 heavy (non-hydrogen) atoms. The molecule has 0 radical (unpaired) electrons. The van der Waals surface area contributed by atoms with Gasteiger partial charge in [0.15, 0.2) is 10.9 Å². The summed E-state index contributed by atoms with van der Waals surface area (Å²) < 4.78 is 5.75. The summed E-state index contributed by atoms with van der Waals surface area (Å²) in [6.45, 7) is 1.29. The number of nitrogens with zero attached hydrogens (tertiary/aromatic N) is 3. The van der Waals surface area contributed by atoms with Crippen molar-refractivity contribution in [2.75, 3.05) is 11.9 Å². The standard InChI is InChI=1S/C21H13ClN4O.C5H9N/c1-2-19-25-17-7-4-3-6-16(17)21(26-19)24-14-9-11-15(12-10-14)27-18-8-5-13-23-20(18)22;1-2-6-5-3-4(1)5/h1,3-13H,(H,24,25,26);4-6H,1-3H2. The van der Waals surface area contributed by atoms with Gasteiger partial charge in [0, 0.05) is 23.3 Å². The zero-order valence-corrected chi connectivity index (χ0v) is 18.6.